The van der Waals surface area contributed by atoms with Gasteiger partial charge in [0.25, 0.3) is 0 Å². The molecule has 3 unspecified atom stereocenters. The number of aliphatic hydroxyl groups is 2. The minimum absolute atomic E-state index is 0.0190. The lowest BCUT2D eigenvalue weighted by atomic mass is 9.88. The Kier molecular flexibility index (Phi) is 7.30. The van der Waals surface area contributed by atoms with Crippen LogP contribution in [0.15, 0.2) is 0 Å². The second-order valence-corrected chi connectivity index (χ2v) is 5.29. The van der Waals surface area contributed by atoms with E-state index >= 15 is 0 Å². The highest BCUT2D eigenvalue weighted by Gasteiger charge is 2.31. The fourth-order valence-corrected chi connectivity index (χ4v) is 2.70. The summed E-state index contributed by atoms with van der Waals surface area (Å²) < 4.78 is 0. The number of hydrogen-bond acceptors (Lipinski definition) is 5. The molecule has 0 radical (unpaired) electrons. The Morgan fingerprint density at radius 2 is 2.21 bits per heavy atom. The van der Waals surface area contributed by atoms with Crippen LogP contribution < -0.4 is 5.32 Å². The molecule has 1 rings (SSSR count). The van der Waals surface area contributed by atoms with Crippen molar-refractivity contribution in [2.24, 2.45) is 5.92 Å². The lowest BCUT2D eigenvalue weighted by Crippen LogP contribution is -2.53. The number of likely N-dealkylation sites (tertiary alicyclic amines) is 1. The van der Waals surface area contributed by atoms with Gasteiger partial charge in [0.05, 0.1) is 12.6 Å². The van der Waals surface area contributed by atoms with Crippen LogP contribution in [0.4, 0.5) is 0 Å². The first-order valence-electron chi connectivity index (χ1n) is 7.03. The molecule has 0 bridgehead atoms. The molecule has 112 valence electrons. The maximum atomic E-state index is 10.8. The van der Waals surface area contributed by atoms with Crippen LogP contribution in [0.2, 0.25) is 0 Å². The van der Waals surface area contributed by atoms with Gasteiger partial charge in [0.1, 0.15) is 0 Å². The van der Waals surface area contributed by atoms with Crippen LogP contribution in [-0.4, -0.2) is 71.1 Å². The fraction of sp³-hybridized carbons (Fsp3) is 0.923. The van der Waals surface area contributed by atoms with Crippen molar-refractivity contribution in [3.05, 3.63) is 0 Å². The van der Waals surface area contributed by atoms with Crippen molar-refractivity contribution in [2.75, 3.05) is 32.8 Å². The van der Waals surface area contributed by atoms with Crippen LogP contribution in [0, 0.1) is 5.92 Å². The SMILES string of the molecule is CCC(O)C1CC(NCCCO)CN(CC(=O)O)C1. The van der Waals surface area contributed by atoms with E-state index < -0.39 is 5.97 Å². The van der Waals surface area contributed by atoms with Gasteiger partial charge in [-0.1, -0.05) is 6.92 Å². The van der Waals surface area contributed by atoms with Gasteiger partial charge < -0.3 is 20.6 Å². The van der Waals surface area contributed by atoms with Crippen LogP contribution in [0.5, 0.6) is 0 Å². The molecule has 0 spiro atoms. The Morgan fingerprint density at radius 1 is 1.47 bits per heavy atom. The van der Waals surface area contributed by atoms with E-state index in [1.807, 2.05) is 11.8 Å². The van der Waals surface area contributed by atoms with Gasteiger partial charge >= 0.3 is 5.97 Å². The molecule has 1 fully saturated rings. The van der Waals surface area contributed by atoms with E-state index in [4.69, 9.17) is 10.2 Å². The minimum Gasteiger partial charge on any atom is -0.480 e. The third-order valence-corrected chi connectivity index (χ3v) is 3.65. The topological polar surface area (TPSA) is 93.0 Å². The van der Waals surface area contributed by atoms with Gasteiger partial charge in [0, 0.05) is 25.7 Å². The van der Waals surface area contributed by atoms with Gasteiger partial charge in [-0.15, -0.1) is 0 Å². The number of aliphatic hydroxyl groups excluding tert-OH is 2. The highest BCUT2D eigenvalue weighted by Crippen LogP contribution is 2.21. The molecule has 1 aliphatic heterocycles. The first kappa shape index (κ1) is 16.4. The summed E-state index contributed by atoms with van der Waals surface area (Å²) in [4.78, 5) is 12.7. The predicted molar refractivity (Wildman–Crippen MR) is 72.0 cm³/mol. The molecule has 0 aromatic carbocycles. The Bertz CT molecular complexity index is 275. The Labute approximate surface area is 114 Å². The lowest BCUT2D eigenvalue weighted by Gasteiger charge is -2.39. The van der Waals surface area contributed by atoms with Crippen molar-refractivity contribution in [1.29, 1.82) is 0 Å². The Balaban J connectivity index is 2.53. The number of carbonyl (C=O) groups is 1. The van der Waals surface area contributed by atoms with Gasteiger partial charge in [-0.2, -0.15) is 0 Å². The molecule has 19 heavy (non-hydrogen) atoms. The summed E-state index contributed by atoms with van der Waals surface area (Å²) in [6.07, 6.45) is 1.86. The Morgan fingerprint density at radius 3 is 2.79 bits per heavy atom. The number of nitrogens with one attached hydrogen (secondary N) is 1. The molecule has 1 saturated heterocycles. The Hall–Kier alpha value is -0.690. The molecule has 0 amide bonds. The van der Waals surface area contributed by atoms with E-state index in [9.17, 15) is 9.90 Å². The zero-order valence-corrected chi connectivity index (χ0v) is 11.6. The third-order valence-electron chi connectivity index (χ3n) is 3.65. The maximum Gasteiger partial charge on any atom is 0.317 e. The van der Waals surface area contributed by atoms with E-state index in [2.05, 4.69) is 5.32 Å². The molecular formula is C13H26N2O4. The number of carboxylic acids is 1. The number of piperidine rings is 1. The molecule has 4 N–H and O–H groups in total. The maximum absolute atomic E-state index is 10.8. The summed E-state index contributed by atoms with van der Waals surface area (Å²) in [5.74, 6) is -0.717. The van der Waals surface area contributed by atoms with Gasteiger partial charge in [-0.3, -0.25) is 9.69 Å². The zero-order valence-electron chi connectivity index (χ0n) is 11.6. The van der Waals surface area contributed by atoms with Crippen LogP contribution in [0.3, 0.4) is 0 Å². The van der Waals surface area contributed by atoms with E-state index in [1.165, 1.54) is 0 Å². The smallest absolute Gasteiger partial charge is 0.317 e. The standard InChI is InChI=1S/C13H26N2O4/c1-2-12(17)10-6-11(14-4-3-5-16)8-15(7-10)9-13(18)19/h10-12,14,16-17H,2-9H2,1H3,(H,18,19). The monoisotopic (exact) mass is 274 g/mol. The number of aliphatic carboxylic acids is 1. The number of rotatable bonds is 8. The molecular weight excluding hydrogens is 248 g/mol. The fourth-order valence-electron chi connectivity index (χ4n) is 2.70. The molecule has 0 aromatic heterocycles. The molecule has 0 aliphatic carbocycles. The first-order chi connectivity index (χ1) is 9.06. The van der Waals surface area contributed by atoms with Crippen molar-refractivity contribution in [1.82, 2.24) is 10.2 Å². The van der Waals surface area contributed by atoms with Crippen molar-refractivity contribution in [3.8, 4) is 0 Å². The predicted octanol–water partition coefficient (Wildman–Crippen LogP) is -0.496. The largest absolute Gasteiger partial charge is 0.480 e. The normalized spacial score (nSPS) is 26.3. The average Bonchev–Trinajstić information content (AvgIpc) is 2.37. The average molecular weight is 274 g/mol. The number of nitrogens with zero attached hydrogens (tertiary/aromatic N) is 1. The molecule has 1 aliphatic rings. The molecule has 1 heterocycles. The lowest BCUT2D eigenvalue weighted by molar-refractivity contribution is -0.139. The van der Waals surface area contributed by atoms with Crippen LogP contribution in [0.1, 0.15) is 26.2 Å². The summed E-state index contributed by atoms with van der Waals surface area (Å²) in [6, 6.07) is 0.186. The summed E-state index contributed by atoms with van der Waals surface area (Å²) in [5, 5.41) is 31.0. The highest BCUT2D eigenvalue weighted by atomic mass is 16.4. The van der Waals surface area contributed by atoms with Crippen molar-refractivity contribution < 1.29 is 20.1 Å². The second kappa shape index (κ2) is 8.47. The van der Waals surface area contributed by atoms with Crippen LogP contribution in [-0.2, 0) is 4.79 Å². The molecule has 6 heteroatoms. The first-order valence-corrected chi connectivity index (χ1v) is 7.03. The number of hydrogen-bond donors (Lipinski definition) is 4. The van der Waals surface area contributed by atoms with E-state index in [0.29, 0.717) is 25.9 Å². The van der Waals surface area contributed by atoms with Crippen molar-refractivity contribution in [3.63, 3.8) is 0 Å². The molecule has 3 atom stereocenters. The van der Waals surface area contributed by atoms with E-state index in [1.54, 1.807) is 0 Å². The van der Waals surface area contributed by atoms with Gasteiger partial charge in [0.2, 0.25) is 0 Å². The molecule has 6 nitrogen and oxygen atoms in total. The van der Waals surface area contributed by atoms with Crippen molar-refractivity contribution >= 4 is 5.97 Å². The quantitative estimate of drug-likeness (QED) is 0.446. The van der Waals surface area contributed by atoms with Gasteiger partial charge in [-0.25, -0.2) is 0 Å². The molecule has 0 aromatic rings. The number of carboxylic acid groups (broad SMARTS) is 1. The van der Waals surface area contributed by atoms with Gasteiger partial charge in [0.15, 0.2) is 0 Å². The highest BCUT2D eigenvalue weighted by molar-refractivity contribution is 5.69. The second-order valence-electron chi connectivity index (χ2n) is 5.29. The zero-order chi connectivity index (χ0) is 14.3. The third kappa shape index (κ3) is 5.86. The molecule has 0 saturated carbocycles. The summed E-state index contributed by atoms with van der Waals surface area (Å²) >= 11 is 0. The van der Waals surface area contributed by atoms with Crippen molar-refractivity contribution in [2.45, 2.75) is 38.3 Å². The van der Waals surface area contributed by atoms with Gasteiger partial charge in [-0.05, 0) is 31.7 Å². The summed E-state index contributed by atoms with van der Waals surface area (Å²) in [5.41, 5.74) is 0. The van der Waals surface area contributed by atoms with Crippen LogP contribution >= 0.6 is 0 Å². The van der Waals surface area contributed by atoms with E-state index in [0.717, 1.165) is 13.0 Å². The van der Waals surface area contributed by atoms with E-state index in [-0.39, 0.29) is 31.2 Å². The summed E-state index contributed by atoms with van der Waals surface area (Å²) in [7, 11) is 0. The minimum atomic E-state index is -0.833. The van der Waals surface area contributed by atoms with Crippen LogP contribution in [0.25, 0.3) is 0 Å². The summed E-state index contributed by atoms with van der Waals surface area (Å²) in [6.45, 7) is 4.15.